The number of carbonyl (C=O) groups excluding carboxylic acids is 1. The summed E-state index contributed by atoms with van der Waals surface area (Å²) >= 11 is 0. The number of rotatable bonds is 4. The zero-order chi connectivity index (χ0) is 35.3. The van der Waals surface area contributed by atoms with Gasteiger partial charge in [0.1, 0.15) is 18.2 Å². The third-order valence-electron chi connectivity index (χ3n) is 16.3. The van der Waals surface area contributed by atoms with Crippen LogP contribution < -0.4 is 4.90 Å². The molecule has 5 aliphatic carbocycles. The summed E-state index contributed by atoms with van der Waals surface area (Å²) in [4.78, 5) is 27.3. The summed E-state index contributed by atoms with van der Waals surface area (Å²) in [5.41, 5.74) is 5.18. The molecule has 2 heterocycles. The lowest BCUT2D eigenvalue weighted by Gasteiger charge is -2.71. The molecule has 0 radical (unpaired) electrons. The largest absolute Gasteiger partial charge is 0.460 e. The second-order valence-corrected chi connectivity index (χ2v) is 18.8. The first-order valence-electron chi connectivity index (χ1n) is 19.9. The van der Waals surface area contributed by atoms with E-state index in [2.05, 4.69) is 78.5 Å². The van der Waals surface area contributed by atoms with Gasteiger partial charge in [0.25, 0.3) is 0 Å². The van der Waals surface area contributed by atoms with Gasteiger partial charge in [-0.1, -0.05) is 90.4 Å². The average Bonchev–Trinajstić information content (AvgIpc) is 3.10. The second-order valence-electron chi connectivity index (χ2n) is 18.8. The number of hydrogen-bond donors (Lipinski definition) is 0. The SMILES string of the molecule is Cc1nc(N2CCOCC2)c2c(n1)C(C)(C)[C@H]1CC[C@@]3(C)[C@@H](CC=C4[C@@H]5[C@@H](C)[C@@H](C)CC[C@]5(C(=O)OCc5ccccc5)CC[C@]43C)[C@]1(C)C2. The fraction of sp³-hybridized carbons (Fsp3) is 0.705. The highest BCUT2D eigenvalue weighted by Gasteiger charge is 2.70. The summed E-state index contributed by atoms with van der Waals surface area (Å²) in [5.74, 6) is 4.48. The van der Waals surface area contributed by atoms with Crippen LogP contribution in [-0.2, 0) is 32.7 Å². The Balaban J connectivity index is 1.18. The van der Waals surface area contributed by atoms with E-state index in [-0.39, 0.29) is 33.5 Å². The average molecular weight is 680 g/mol. The van der Waals surface area contributed by atoms with E-state index in [1.54, 1.807) is 5.57 Å². The molecule has 0 amide bonds. The van der Waals surface area contributed by atoms with Gasteiger partial charge in [0.15, 0.2) is 0 Å². The molecule has 8 rings (SSSR count). The molecule has 1 aliphatic heterocycles. The zero-order valence-corrected chi connectivity index (χ0v) is 32.1. The molecule has 1 aromatic carbocycles. The lowest BCUT2D eigenvalue weighted by molar-refractivity contribution is -0.184. The third kappa shape index (κ3) is 4.78. The summed E-state index contributed by atoms with van der Waals surface area (Å²) in [6, 6.07) is 10.2. The van der Waals surface area contributed by atoms with Crippen molar-refractivity contribution in [3.05, 3.63) is 64.6 Å². The highest BCUT2D eigenvalue weighted by Crippen LogP contribution is 2.75. The van der Waals surface area contributed by atoms with E-state index in [1.807, 2.05) is 18.2 Å². The zero-order valence-electron chi connectivity index (χ0n) is 32.1. The van der Waals surface area contributed by atoms with E-state index in [4.69, 9.17) is 19.4 Å². The molecule has 9 atom stereocenters. The van der Waals surface area contributed by atoms with Crippen molar-refractivity contribution in [2.45, 2.75) is 119 Å². The molecule has 270 valence electrons. The minimum atomic E-state index is -0.426. The van der Waals surface area contributed by atoms with Crippen molar-refractivity contribution in [2.24, 2.45) is 51.2 Å². The highest BCUT2D eigenvalue weighted by molar-refractivity contribution is 5.79. The van der Waals surface area contributed by atoms with Gasteiger partial charge in [-0.15, -0.1) is 0 Å². The van der Waals surface area contributed by atoms with Crippen LogP contribution in [0.4, 0.5) is 5.82 Å². The van der Waals surface area contributed by atoms with E-state index in [0.29, 0.717) is 30.3 Å². The van der Waals surface area contributed by atoms with Gasteiger partial charge in [0, 0.05) is 24.1 Å². The van der Waals surface area contributed by atoms with E-state index >= 15 is 0 Å². The summed E-state index contributed by atoms with van der Waals surface area (Å²) < 4.78 is 12.1. The van der Waals surface area contributed by atoms with Crippen LogP contribution in [-0.4, -0.2) is 42.2 Å². The van der Waals surface area contributed by atoms with E-state index in [0.717, 1.165) is 82.0 Å². The Kier molecular flexibility index (Phi) is 8.18. The van der Waals surface area contributed by atoms with Crippen molar-refractivity contribution in [3.63, 3.8) is 0 Å². The maximum atomic E-state index is 14.5. The molecule has 1 aromatic heterocycles. The first kappa shape index (κ1) is 34.4. The number of fused-ring (bicyclic) bond motifs is 8. The maximum Gasteiger partial charge on any atom is 0.313 e. The topological polar surface area (TPSA) is 64.5 Å². The molecule has 0 unspecified atom stereocenters. The number of aryl methyl sites for hydroxylation is 1. The number of ether oxygens (including phenoxy) is 2. The van der Waals surface area contributed by atoms with Gasteiger partial charge in [0.05, 0.1) is 24.3 Å². The lowest BCUT2D eigenvalue weighted by atomic mass is 9.33. The fourth-order valence-electron chi connectivity index (χ4n) is 13.4. The summed E-state index contributed by atoms with van der Waals surface area (Å²) in [5, 5.41) is 0. The number of hydrogen-bond acceptors (Lipinski definition) is 6. The van der Waals surface area contributed by atoms with Crippen LogP contribution in [0.15, 0.2) is 42.0 Å². The molecule has 0 bridgehead atoms. The molecule has 0 spiro atoms. The number of aromatic nitrogens is 2. The molecule has 50 heavy (non-hydrogen) atoms. The van der Waals surface area contributed by atoms with Crippen molar-refractivity contribution in [1.29, 1.82) is 0 Å². The van der Waals surface area contributed by atoms with Crippen molar-refractivity contribution in [1.82, 2.24) is 9.97 Å². The summed E-state index contributed by atoms with van der Waals surface area (Å²) in [6.45, 7) is 23.5. The van der Waals surface area contributed by atoms with Gasteiger partial charge < -0.3 is 14.4 Å². The molecule has 6 aliphatic rings. The number of morpholine rings is 1. The quantitative estimate of drug-likeness (QED) is 0.237. The van der Waals surface area contributed by atoms with Crippen LogP contribution in [0.25, 0.3) is 0 Å². The minimum Gasteiger partial charge on any atom is -0.460 e. The van der Waals surface area contributed by atoms with Crippen molar-refractivity contribution >= 4 is 11.8 Å². The van der Waals surface area contributed by atoms with Crippen molar-refractivity contribution in [3.8, 4) is 0 Å². The molecular formula is C44H61N3O3. The Hall–Kier alpha value is -2.73. The number of allylic oxidation sites excluding steroid dienone is 2. The van der Waals surface area contributed by atoms with Crippen LogP contribution in [0.5, 0.6) is 0 Å². The first-order chi connectivity index (χ1) is 23.8. The van der Waals surface area contributed by atoms with Crippen LogP contribution in [0.3, 0.4) is 0 Å². The van der Waals surface area contributed by atoms with Crippen LogP contribution in [0, 0.1) is 58.2 Å². The molecule has 6 heteroatoms. The fourth-order valence-corrected chi connectivity index (χ4v) is 13.4. The normalized spacial score (nSPS) is 40.3. The van der Waals surface area contributed by atoms with E-state index in [9.17, 15) is 4.79 Å². The monoisotopic (exact) mass is 679 g/mol. The number of nitrogens with zero attached hydrogens (tertiary/aromatic N) is 3. The summed E-state index contributed by atoms with van der Waals surface area (Å²) in [7, 11) is 0. The summed E-state index contributed by atoms with van der Waals surface area (Å²) in [6.07, 6.45) is 11.3. The Labute approximate surface area is 301 Å². The minimum absolute atomic E-state index is 0.0408. The molecule has 3 saturated carbocycles. The third-order valence-corrected chi connectivity index (χ3v) is 16.3. The Morgan fingerprint density at radius 2 is 1.68 bits per heavy atom. The van der Waals surface area contributed by atoms with Gasteiger partial charge >= 0.3 is 5.97 Å². The van der Waals surface area contributed by atoms with Gasteiger partial charge in [0.2, 0.25) is 0 Å². The standard InChI is InChI=1S/C44H61N3O3/c1-28-16-19-44(39(48)50-27-31-12-10-9-11-13-31)21-20-42(7)33(36(44)29(28)2)14-15-35-41(6)26-32-37(40(4,5)34(41)17-18-43(35,42)8)45-30(3)46-38(32)47-22-24-49-25-23-47/h9-14,28-29,34-36H,15-27H2,1-8H3/t28-,29-,34+,35-,36-,41+,42+,43-,44-/m0/s1. The predicted molar refractivity (Wildman–Crippen MR) is 199 cm³/mol. The Morgan fingerprint density at radius 1 is 0.940 bits per heavy atom. The second kappa shape index (κ2) is 11.9. The molecule has 0 N–H and O–H groups in total. The van der Waals surface area contributed by atoms with Gasteiger partial charge in [-0.2, -0.15) is 0 Å². The van der Waals surface area contributed by atoms with E-state index < -0.39 is 5.41 Å². The Bertz CT molecular complexity index is 1680. The molecular weight excluding hydrogens is 619 g/mol. The van der Waals surface area contributed by atoms with Crippen LogP contribution >= 0.6 is 0 Å². The van der Waals surface area contributed by atoms with Crippen molar-refractivity contribution in [2.75, 3.05) is 31.2 Å². The molecule has 2 aromatic rings. The maximum absolute atomic E-state index is 14.5. The Morgan fingerprint density at radius 3 is 2.42 bits per heavy atom. The molecule has 1 saturated heterocycles. The first-order valence-corrected chi connectivity index (χ1v) is 19.9. The lowest BCUT2D eigenvalue weighted by Crippen LogP contribution is -2.65. The predicted octanol–water partition coefficient (Wildman–Crippen LogP) is 9.04. The number of carbonyl (C=O) groups is 1. The number of anilines is 1. The number of esters is 1. The molecule has 6 nitrogen and oxygen atoms in total. The van der Waals surface area contributed by atoms with Crippen LogP contribution in [0.2, 0.25) is 0 Å². The van der Waals surface area contributed by atoms with Gasteiger partial charge in [-0.25, -0.2) is 9.97 Å². The smallest absolute Gasteiger partial charge is 0.313 e. The number of benzene rings is 1. The van der Waals surface area contributed by atoms with Crippen molar-refractivity contribution < 1.29 is 14.3 Å². The van der Waals surface area contributed by atoms with Crippen LogP contribution in [0.1, 0.15) is 116 Å². The van der Waals surface area contributed by atoms with Gasteiger partial charge in [-0.3, -0.25) is 4.79 Å². The van der Waals surface area contributed by atoms with Gasteiger partial charge in [-0.05, 0) is 110 Å². The van der Waals surface area contributed by atoms with E-state index in [1.165, 1.54) is 24.1 Å². The molecule has 4 fully saturated rings. The highest BCUT2D eigenvalue weighted by atomic mass is 16.5.